The van der Waals surface area contributed by atoms with Crippen LogP contribution in [0, 0.1) is 0 Å². The van der Waals surface area contributed by atoms with Crippen molar-refractivity contribution in [3.63, 3.8) is 0 Å². The second kappa shape index (κ2) is 5.17. The molecule has 0 spiro atoms. The number of primary amides is 1. The van der Waals surface area contributed by atoms with Crippen molar-refractivity contribution in [2.45, 2.75) is 25.3 Å². The molecule has 1 unspecified atom stereocenters. The normalized spacial score (nSPS) is 24.0. The minimum atomic E-state index is -0.396. The number of carbonyl (C=O) groups excluding carboxylic acids is 1. The molecule has 2 aliphatic heterocycles. The van der Waals surface area contributed by atoms with E-state index in [4.69, 9.17) is 5.73 Å². The second-order valence-corrected chi connectivity index (χ2v) is 5.39. The molecular formula is C14H20N4O. The van der Waals surface area contributed by atoms with Gasteiger partial charge in [-0.25, -0.2) is 0 Å². The number of carbonyl (C=O) groups is 1. The van der Waals surface area contributed by atoms with Crippen LogP contribution in [0.25, 0.3) is 0 Å². The first-order valence-corrected chi connectivity index (χ1v) is 6.98. The predicted octanol–water partition coefficient (Wildman–Crippen LogP) is 0.855. The number of amides is 1. The average molecular weight is 260 g/mol. The fourth-order valence-corrected chi connectivity index (χ4v) is 3.22. The van der Waals surface area contributed by atoms with Crippen molar-refractivity contribution >= 4 is 11.6 Å². The first-order chi connectivity index (χ1) is 9.25. The van der Waals surface area contributed by atoms with E-state index in [-0.39, 0.29) is 0 Å². The number of hydrogen-bond acceptors (Lipinski definition) is 4. The van der Waals surface area contributed by atoms with E-state index < -0.39 is 5.91 Å². The Kier molecular flexibility index (Phi) is 3.38. The highest BCUT2D eigenvalue weighted by molar-refractivity contribution is 5.98. The van der Waals surface area contributed by atoms with E-state index >= 15 is 0 Å². The summed E-state index contributed by atoms with van der Waals surface area (Å²) in [4.78, 5) is 20.3. The molecule has 1 aromatic rings. The average Bonchev–Trinajstić information content (AvgIpc) is 3.09. The SMILES string of the molecule is NC(=O)c1cnccc1N1CCC(N2CCCC2)C1. The zero-order valence-corrected chi connectivity index (χ0v) is 11.1. The van der Waals surface area contributed by atoms with Crippen LogP contribution in [-0.2, 0) is 0 Å². The predicted molar refractivity (Wildman–Crippen MR) is 74.2 cm³/mol. The fourth-order valence-electron chi connectivity index (χ4n) is 3.22. The van der Waals surface area contributed by atoms with Crippen LogP contribution < -0.4 is 10.6 Å². The number of likely N-dealkylation sites (tertiary alicyclic amines) is 1. The van der Waals surface area contributed by atoms with Crippen LogP contribution in [0.4, 0.5) is 5.69 Å². The molecule has 3 heterocycles. The molecule has 19 heavy (non-hydrogen) atoms. The van der Waals surface area contributed by atoms with E-state index in [1.165, 1.54) is 32.4 Å². The third-order valence-electron chi connectivity index (χ3n) is 4.22. The minimum absolute atomic E-state index is 0.396. The highest BCUT2D eigenvalue weighted by atomic mass is 16.1. The summed E-state index contributed by atoms with van der Waals surface area (Å²) in [5.74, 6) is -0.396. The molecule has 0 bridgehead atoms. The van der Waals surface area contributed by atoms with Gasteiger partial charge >= 0.3 is 0 Å². The van der Waals surface area contributed by atoms with Gasteiger partial charge in [0, 0.05) is 31.5 Å². The smallest absolute Gasteiger partial charge is 0.252 e. The quantitative estimate of drug-likeness (QED) is 0.875. The van der Waals surface area contributed by atoms with Crippen molar-refractivity contribution in [2.24, 2.45) is 5.73 Å². The lowest BCUT2D eigenvalue weighted by Crippen LogP contribution is -2.35. The molecule has 0 aliphatic carbocycles. The van der Waals surface area contributed by atoms with Gasteiger partial charge in [-0.1, -0.05) is 0 Å². The highest BCUT2D eigenvalue weighted by Gasteiger charge is 2.30. The zero-order chi connectivity index (χ0) is 13.2. The summed E-state index contributed by atoms with van der Waals surface area (Å²) in [7, 11) is 0. The van der Waals surface area contributed by atoms with Crippen LogP contribution in [0.5, 0.6) is 0 Å². The maximum absolute atomic E-state index is 11.5. The maximum atomic E-state index is 11.5. The highest BCUT2D eigenvalue weighted by Crippen LogP contribution is 2.27. The van der Waals surface area contributed by atoms with E-state index in [1.54, 1.807) is 12.4 Å². The molecule has 1 amide bonds. The second-order valence-electron chi connectivity index (χ2n) is 5.39. The van der Waals surface area contributed by atoms with Crippen LogP contribution in [0.2, 0.25) is 0 Å². The topological polar surface area (TPSA) is 62.5 Å². The van der Waals surface area contributed by atoms with Gasteiger partial charge in [0.25, 0.3) is 5.91 Å². The number of hydrogen-bond donors (Lipinski definition) is 1. The van der Waals surface area contributed by atoms with Crippen LogP contribution in [-0.4, -0.2) is 48.0 Å². The Morgan fingerprint density at radius 3 is 2.84 bits per heavy atom. The number of anilines is 1. The lowest BCUT2D eigenvalue weighted by molar-refractivity contribution is 0.100. The zero-order valence-electron chi connectivity index (χ0n) is 11.1. The van der Waals surface area contributed by atoms with Crippen LogP contribution in [0.3, 0.4) is 0 Å². The number of nitrogens with two attached hydrogens (primary N) is 1. The van der Waals surface area contributed by atoms with E-state index in [0.717, 1.165) is 18.8 Å². The maximum Gasteiger partial charge on any atom is 0.252 e. The fraction of sp³-hybridized carbons (Fsp3) is 0.571. The molecule has 102 valence electrons. The van der Waals surface area contributed by atoms with E-state index in [9.17, 15) is 4.79 Å². The molecule has 5 heteroatoms. The summed E-state index contributed by atoms with van der Waals surface area (Å²) in [6.07, 6.45) is 7.10. The van der Waals surface area contributed by atoms with Gasteiger partial charge in [-0.05, 0) is 38.4 Å². The lowest BCUT2D eigenvalue weighted by atomic mass is 10.2. The first kappa shape index (κ1) is 12.4. The van der Waals surface area contributed by atoms with Crippen molar-refractivity contribution in [2.75, 3.05) is 31.1 Å². The Labute approximate surface area is 113 Å². The number of rotatable bonds is 3. The van der Waals surface area contributed by atoms with E-state index in [2.05, 4.69) is 14.8 Å². The van der Waals surface area contributed by atoms with Crippen LogP contribution in [0.1, 0.15) is 29.6 Å². The largest absolute Gasteiger partial charge is 0.369 e. The number of aromatic nitrogens is 1. The lowest BCUT2D eigenvalue weighted by Gasteiger charge is -2.25. The van der Waals surface area contributed by atoms with Crippen molar-refractivity contribution in [3.8, 4) is 0 Å². The van der Waals surface area contributed by atoms with E-state index in [1.807, 2.05) is 6.07 Å². The molecular weight excluding hydrogens is 240 g/mol. The third-order valence-corrected chi connectivity index (χ3v) is 4.22. The summed E-state index contributed by atoms with van der Waals surface area (Å²) in [6, 6.07) is 2.52. The summed E-state index contributed by atoms with van der Waals surface area (Å²) in [5, 5.41) is 0. The summed E-state index contributed by atoms with van der Waals surface area (Å²) < 4.78 is 0. The van der Waals surface area contributed by atoms with Crippen molar-refractivity contribution in [1.82, 2.24) is 9.88 Å². The van der Waals surface area contributed by atoms with Gasteiger partial charge < -0.3 is 10.6 Å². The monoisotopic (exact) mass is 260 g/mol. The molecule has 2 fully saturated rings. The molecule has 1 atom stereocenters. The first-order valence-electron chi connectivity index (χ1n) is 6.98. The van der Waals surface area contributed by atoms with Gasteiger partial charge in [-0.3, -0.25) is 14.7 Å². The summed E-state index contributed by atoms with van der Waals surface area (Å²) in [5.41, 5.74) is 6.89. The molecule has 2 aliphatic rings. The molecule has 2 N–H and O–H groups in total. The molecule has 3 rings (SSSR count). The Hall–Kier alpha value is -1.62. The summed E-state index contributed by atoms with van der Waals surface area (Å²) >= 11 is 0. The van der Waals surface area contributed by atoms with Gasteiger partial charge in [0.2, 0.25) is 0 Å². The van der Waals surface area contributed by atoms with Crippen molar-refractivity contribution < 1.29 is 4.79 Å². The Bertz CT molecular complexity index is 470. The van der Waals surface area contributed by atoms with Crippen molar-refractivity contribution in [1.29, 1.82) is 0 Å². The minimum Gasteiger partial charge on any atom is -0.369 e. The molecule has 1 aromatic heterocycles. The number of nitrogens with zero attached hydrogens (tertiary/aromatic N) is 3. The van der Waals surface area contributed by atoms with Crippen LogP contribution in [0.15, 0.2) is 18.5 Å². The van der Waals surface area contributed by atoms with Gasteiger partial charge in [-0.2, -0.15) is 0 Å². The number of pyridine rings is 1. The summed E-state index contributed by atoms with van der Waals surface area (Å²) in [6.45, 7) is 4.42. The molecule has 0 radical (unpaired) electrons. The standard InChI is InChI=1S/C14H20N4O/c15-14(19)12-9-16-5-3-13(12)18-8-4-11(10-18)17-6-1-2-7-17/h3,5,9,11H,1-2,4,6-8,10H2,(H2,15,19). The molecule has 0 aromatic carbocycles. The van der Waals surface area contributed by atoms with Gasteiger partial charge in [0.15, 0.2) is 0 Å². The van der Waals surface area contributed by atoms with E-state index in [0.29, 0.717) is 11.6 Å². The van der Waals surface area contributed by atoms with Crippen molar-refractivity contribution in [3.05, 3.63) is 24.0 Å². The Balaban J connectivity index is 1.75. The molecule has 0 saturated carbocycles. The van der Waals surface area contributed by atoms with Crippen LogP contribution >= 0.6 is 0 Å². The van der Waals surface area contributed by atoms with Gasteiger partial charge in [-0.15, -0.1) is 0 Å². The Morgan fingerprint density at radius 2 is 2.11 bits per heavy atom. The molecule has 2 saturated heterocycles. The third kappa shape index (κ3) is 2.42. The van der Waals surface area contributed by atoms with Gasteiger partial charge in [0.1, 0.15) is 0 Å². The molecule has 5 nitrogen and oxygen atoms in total. The van der Waals surface area contributed by atoms with Gasteiger partial charge in [0.05, 0.1) is 11.3 Å². The Morgan fingerprint density at radius 1 is 1.32 bits per heavy atom.